The molecule has 1 aromatic heterocycles. The Morgan fingerprint density at radius 1 is 1.17 bits per heavy atom. The molecule has 0 radical (unpaired) electrons. The highest BCUT2D eigenvalue weighted by Crippen LogP contribution is 2.33. The molecule has 2 aromatic carbocycles. The van der Waals surface area contributed by atoms with Gasteiger partial charge in [0.1, 0.15) is 5.75 Å². The summed E-state index contributed by atoms with van der Waals surface area (Å²) in [6, 6.07) is 11.8. The number of sulfone groups is 1. The average Bonchev–Trinajstić information content (AvgIpc) is 3.16. The Labute approximate surface area is 170 Å². The van der Waals surface area contributed by atoms with Gasteiger partial charge in [0.15, 0.2) is 15.0 Å². The van der Waals surface area contributed by atoms with E-state index < -0.39 is 22.4 Å². The van der Waals surface area contributed by atoms with E-state index >= 15 is 0 Å². The van der Waals surface area contributed by atoms with Gasteiger partial charge in [-0.2, -0.15) is 8.78 Å². The van der Waals surface area contributed by atoms with E-state index in [0.717, 1.165) is 11.3 Å². The molecule has 0 unspecified atom stereocenters. The summed E-state index contributed by atoms with van der Waals surface area (Å²) in [4.78, 5) is 16.8. The molecular weight excluding hydrogens is 422 g/mol. The van der Waals surface area contributed by atoms with Crippen molar-refractivity contribution >= 4 is 32.2 Å². The first-order chi connectivity index (χ1) is 13.8. The number of alkyl halides is 2. The molecule has 152 valence electrons. The first kappa shape index (κ1) is 20.9. The third-order valence-corrected chi connectivity index (χ3v) is 6.47. The Bertz CT molecular complexity index is 1110. The molecule has 1 amide bonds. The maximum atomic E-state index is 12.6. The first-order valence-corrected chi connectivity index (χ1v) is 11.0. The number of nitrogens with one attached hydrogen (secondary N) is 1. The third-order valence-electron chi connectivity index (χ3n) is 3.96. The number of amides is 1. The zero-order valence-electron chi connectivity index (χ0n) is 15.1. The number of hydrogen-bond donors (Lipinski definition) is 1. The fourth-order valence-electron chi connectivity index (χ4n) is 2.48. The summed E-state index contributed by atoms with van der Waals surface area (Å²) in [5.74, 6) is -0.515. The fraction of sp³-hybridized carbons (Fsp3) is 0.158. The van der Waals surface area contributed by atoms with Gasteiger partial charge in [0.05, 0.1) is 16.3 Å². The standard InChI is InChI=1S/C19H16F2N2O4S2/c1-2-29(25,26)13-9-7-12(8-10-13)17(24)23-19-22-15(11-28-19)14-5-3-4-6-16(14)27-18(20)21/h3-11,18H,2H2,1H3,(H,22,23,24). The van der Waals surface area contributed by atoms with Gasteiger partial charge in [0, 0.05) is 16.5 Å². The number of rotatable bonds is 7. The Kier molecular flexibility index (Phi) is 6.23. The molecule has 0 saturated heterocycles. The van der Waals surface area contributed by atoms with E-state index in [2.05, 4.69) is 15.0 Å². The van der Waals surface area contributed by atoms with E-state index in [-0.39, 0.29) is 27.1 Å². The van der Waals surface area contributed by atoms with Gasteiger partial charge in [-0.25, -0.2) is 13.4 Å². The maximum absolute atomic E-state index is 12.6. The zero-order chi connectivity index (χ0) is 21.0. The van der Waals surface area contributed by atoms with Gasteiger partial charge >= 0.3 is 6.61 Å². The second kappa shape index (κ2) is 8.66. The number of thiazole rings is 1. The van der Waals surface area contributed by atoms with Crippen LogP contribution in [0.25, 0.3) is 11.3 Å². The summed E-state index contributed by atoms with van der Waals surface area (Å²) in [6.45, 7) is -1.42. The number of nitrogens with zero attached hydrogens (tertiary/aromatic N) is 1. The van der Waals surface area contributed by atoms with Crippen LogP contribution in [0, 0.1) is 0 Å². The molecule has 3 aromatic rings. The lowest BCUT2D eigenvalue weighted by molar-refractivity contribution is -0.0494. The van der Waals surface area contributed by atoms with Crippen molar-refractivity contribution in [1.29, 1.82) is 0 Å². The molecule has 1 heterocycles. The normalized spacial score (nSPS) is 11.4. The maximum Gasteiger partial charge on any atom is 0.387 e. The molecule has 29 heavy (non-hydrogen) atoms. The topological polar surface area (TPSA) is 85.4 Å². The lowest BCUT2D eigenvalue weighted by Crippen LogP contribution is -2.12. The first-order valence-electron chi connectivity index (χ1n) is 8.44. The molecule has 3 rings (SSSR count). The minimum Gasteiger partial charge on any atom is -0.434 e. The van der Waals surface area contributed by atoms with Crippen molar-refractivity contribution in [3.63, 3.8) is 0 Å². The van der Waals surface area contributed by atoms with Crippen molar-refractivity contribution < 1.29 is 26.7 Å². The highest BCUT2D eigenvalue weighted by atomic mass is 32.2. The molecule has 0 spiro atoms. The number of carbonyl (C=O) groups excluding carboxylic acids is 1. The Morgan fingerprint density at radius 3 is 2.52 bits per heavy atom. The second-order valence-corrected chi connectivity index (χ2v) is 8.93. The summed E-state index contributed by atoms with van der Waals surface area (Å²) in [5, 5.41) is 4.49. The minimum absolute atomic E-state index is 0.0154. The van der Waals surface area contributed by atoms with Crippen LogP contribution in [-0.4, -0.2) is 31.7 Å². The molecule has 10 heteroatoms. The summed E-state index contributed by atoms with van der Waals surface area (Å²) >= 11 is 1.12. The Morgan fingerprint density at radius 2 is 1.86 bits per heavy atom. The van der Waals surface area contributed by atoms with Crippen molar-refractivity contribution in [1.82, 2.24) is 4.98 Å². The van der Waals surface area contributed by atoms with E-state index in [0.29, 0.717) is 11.3 Å². The lowest BCUT2D eigenvalue weighted by Gasteiger charge is -2.08. The van der Waals surface area contributed by atoms with Crippen LogP contribution in [0.3, 0.4) is 0 Å². The number of halogens is 2. The van der Waals surface area contributed by atoms with E-state index in [4.69, 9.17) is 0 Å². The van der Waals surface area contributed by atoms with Gasteiger partial charge in [-0.3, -0.25) is 10.1 Å². The van der Waals surface area contributed by atoms with E-state index in [1.807, 2.05) is 0 Å². The quantitative estimate of drug-likeness (QED) is 0.589. The number of ether oxygens (including phenoxy) is 1. The molecule has 6 nitrogen and oxygen atoms in total. The highest BCUT2D eigenvalue weighted by molar-refractivity contribution is 7.91. The molecule has 0 aliphatic heterocycles. The molecule has 0 aliphatic carbocycles. The molecular formula is C19H16F2N2O4S2. The minimum atomic E-state index is -3.35. The average molecular weight is 438 g/mol. The van der Waals surface area contributed by atoms with E-state index in [1.165, 1.54) is 30.3 Å². The van der Waals surface area contributed by atoms with Crippen molar-refractivity contribution in [3.8, 4) is 17.0 Å². The fourth-order valence-corrected chi connectivity index (χ4v) is 4.07. The van der Waals surface area contributed by atoms with Crippen molar-refractivity contribution in [2.75, 3.05) is 11.1 Å². The van der Waals surface area contributed by atoms with Crippen molar-refractivity contribution in [2.24, 2.45) is 0 Å². The molecule has 1 N–H and O–H groups in total. The summed E-state index contributed by atoms with van der Waals surface area (Å²) in [7, 11) is -3.35. The Balaban J connectivity index is 1.76. The predicted octanol–water partition coefficient (Wildman–Crippen LogP) is 4.46. The van der Waals surface area contributed by atoms with Gasteiger partial charge in [-0.05, 0) is 36.4 Å². The second-order valence-electron chi connectivity index (χ2n) is 5.79. The number of carbonyl (C=O) groups is 1. The van der Waals surface area contributed by atoms with Gasteiger partial charge in [-0.15, -0.1) is 11.3 Å². The van der Waals surface area contributed by atoms with Crippen LogP contribution >= 0.6 is 11.3 Å². The Hall–Kier alpha value is -2.85. The molecule has 0 fully saturated rings. The van der Waals surface area contributed by atoms with Crippen molar-refractivity contribution in [2.45, 2.75) is 18.4 Å². The van der Waals surface area contributed by atoms with Gasteiger partial charge in [-0.1, -0.05) is 19.1 Å². The number of para-hydroxylation sites is 1. The van der Waals surface area contributed by atoms with Crippen LogP contribution in [0.4, 0.5) is 13.9 Å². The van der Waals surface area contributed by atoms with E-state index in [1.54, 1.807) is 30.5 Å². The number of anilines is 1. The largest absolute Gasteiger partial charge is 0.434 e. The van der Waals surface area contributed by atoms with Gasteiger partial charge < -0.3 is 4.74 Å². The zero-order valence-corrected chi connectivity index (χ0v) is 16.8. The summed E-state index contributed by atoms with van der Waals surface area (Å²) in [6.07, 6.45) is 0. The monoisotopic (exact) mass is 438 g/mol. The van der Waals surface area contributed by atoms with Crippen LogP contribution in [0.1, 0.15) is 17.3 Å². The molecule has 0 bridgehead atoms. The van der Waals surface area contributed by atoms with Gasteiger partial charge in [0.25, 0.3) is 5.91 Å². The van der Waals surface area contributed by atoms with Crippen LogP contribution in [0.15, 0.2) is 58.8 Å². The predicted molar refractivity (Wildman–Crippen MR) is 106 cm³/mol. The SMILES string of the molecule is CCS(=O)(=O)c1ccc(C(=O)Nc2nc(-c3ccccc3OC(F)F)cs2)cc1. The summed E-state index contributed by atoms with van der Waals surface area (Å²) < 4.78 is 53.3. The highest BCUT2D eigenvalue weighted by Gasteiger charge is 2.16. The van der Waals surface area contributed by atoms with Crippen LogP contribution in [-0.2, 0) is 9.84 Å². The number of benzene rings is 2. The smallest absolute Gasteiger partial charge is 0.387 e. The van der Waals surface area contributed by atoms with Gasteiger partial charge in [0.2, 0.25) is 0 Å². The van der Waals surface area contributed by atoms with Crippen molar-refractivity contribution in [3.05, 3.63) is 59.5 Å². The molecule has 0 atom stereocenters. The van der Waals surface area contributed by atoms with E-state index in [9.17, 15) is 22.0 Å². The molecule has 0 saturated carbocycles. The third kappa shape index (κ3) is 4.96. The van der Waals surface area contributed by atoms with Crippen LogP contribution < -0.4 is 10.1 Å². The summed E-state index contributed by atoms with van der Waals surface area (Å²) in [5.41, 5.74) is 1.02. The lowest BCUT2D eigenvalue weighted by atomic mass is 10.1. The van der Waals surface area contributed by atoms with Crippen LogP contribution in [0.2, 0.25) is 0 Å². The van der Waals surface area contributed by atoms with Crippen LogP contribution in [0.5, 0.6) is 5.75 Å². The molecule has 0 aliphatic rings. The number of hydrogen-bond acceptors (Lipinski definition) is 6. The number of aromatic nitrogens is 1.